The van der Waals surface area contributed by atoms with Gasteiger partial charge < -0.3 is 4.74 Å². The number of methoxy groups -OCH3 is 1. The first-order chi connectivity index (χ1) is 13.0. The van der Waals surface area contributed by atoms with Crippen molar-refractivity contribution >= 4 is 11.0 Å². The van der Waals surface area contributed by atoms with Crippen molar-refractivity contribution in [2.45, 2.75) is 40.0 Å². The maximum atomic E-state index is 12.9. The summed E-state index contributed by atoms with van der Waals surface area (Å²) in [4.78, 5) is 20.0. The predicted molar refractivity (Wildman–Crippen MR) is 104 cm³/mol. The molecule has 1 aliphatic rings. The lowest BCUT2D eigenvalue weighted by molar-refractivity contribution is 0.204. The predicted octanol–water partition coefficient (Wildman–Crippen LogP) is 2.27. The fourth-order valence-electron chi connectivity index (χ4n) is 3.61. The van der Waals surface area contributed by atoms with Crippen LogP contribution in [0.5, 0.6) is 5.75 Å². The van der Waals surface area contributed by atoms with Gasteiger partial charge in [-0.3, -0.25) is 14.3 Å². The molecule has 3 heterocycles. The van der Waals surface area contributed by atoms with Crippen LogP contribution in [0.25, 0.3) is 11.0 Å². The fourth-order valence-corrected chi connectivity index (χ4v) is 3.61. The van der Waals surface area contributed by atoms with E-state index in [0.29, 0.717) is 30.0 Å². The van der Waals surface area contributed by atoms with Gasteiger partial charge in [0.1, 0.15) is 17.0 Å². The summed E-state index contributed by atoms with van der Waals surface area (Å²) >= 11 is 0. The molecule has 0 saturated carbocycles. The molecule has 7 heteroatoms. The van der Waals surface area contributed by atoms with E-state index in [0.717, 1.165) is 31.2 Å². The highest BCUT2D eigenvalue weighted by Crippen LogP contribution is 2.18. The fraction of sp³-hybridized carbons (Fsp3) is 0.450. The Hall–Kier alpha value is -2.67. The van der Waals surface area contributed by atoms with Crippen molar-refractivity contribution in [1.82, 2.24) is 24.2 Å². The van der Waals surface area contributed by atoms with Gasteiger partial charge in [0.25, 0.3) is 5.56 Å². The first-order valence-electron chi connectivity index (χ1n) is 9.35. The van der Waals surface area contributed by atoms with Gasteiger partial charge in [0.05, 0.1) is 19.9 Å². The second-order valence-corrected chi connectivity index (χ2v) is 7.50. The van der Waals surface area contributed by atoms with Crippen LogP contribution in [0.4, 0.5) is 0 Å². The molecular weight excluding hydrogens is 342 g/mol. The van der Waals surface area contributed by atoms with Gasteiger partial charge in [0, 0.05) is 26.2 Å². The molecule has 1 aromatic carbocycles. The minimum absolute atomic E-state index is 0.0195. The van der Waals surface area contributed by atoms with E-state index in [4.69, 9.17) is 9.72 Å². The zero-order valence-corrected chi connectivity index (χ0v) is 16.1. The summed E-state index contributed by atoms with van der Waals surface area (Å²) in [6.07, 6.45) is 1.66. The van der Waals surface area contributed by atoms with Crippen LogP contribution in [-0.2, 0) is 26.2 Å². The second kappa shape index (κ2) is 7.15. The number of ether oxygens (including phenoxy) is 1. The summed E-state index contributed by atoms with van der Waals surface area (Å²) < 4.78 is 8.96. The minimum atomic E-state index is 0.0195. The summed E-state index contributed by atoms with van der Waals surface area (Å²) in [5.41, 5.74) is 1.91. The van der Waals surface area contributed by atoms with Gasteiger partial charge in [0.15, 0.2) is 5.65 Å². The lowest BCUT2D eigenvalue weighted by Crippen LogP contribution is -2.39. The highest BCUT2D eigenvalue weighted by atomic mass is 16.5. The number of nitrogens with zero attached hydrogens (tertiary/aromatic N) is 5. The zero-order chi connectivity index (χ0) is 19.0. The average molecular weight is 367 g/mol. The van der Waals surface area contributed by atoms with E-state index < -0.39 is 0 Å². The molecule has 0 fully saturated rings. The third-order valence-corrected chi connectivity index (χ3v) is 4.92. The Morgan fingerprint density at radius 3 is 2.89 bits per heavy atom. The highest BCUT2D eigenvalue weighted by molar-refractivity contribution is 5.73. The van der Waals surface area contributed by atoms with Gasteiger partial charge in [-0.25, -0.2) is 9.67 Å². The Morgan fingerprint density at radius 1 is 1.26 bits per heavy atom. The largest absolute Gasteiger partial charge is 0.497 e. The average Bonchev–Trinajstić information content (AvgIpc) is 3.04. The molecule has 0 bridgehead atoms. The normalized spacial score (nSPS) is 14.7. The van der Waals surface area contributed by atoms with E-state index in [1.54, 1.807) is 17.9 Å². The molecule has 0 spiro atoms. The summed E-state index contributed by atoms with van der Waals surface area (Å²) in [6.45, 7) is 7.94. The van der Waals surface area contributed by atoms with E-state index >= 15 is 0 Å². The molecule has 2 aromatic heterocycles. The quantitative estimate of drug-likeness (QED) is 0.692. The number of rotatable bonds is 5. The Balaban J connectivity index is 1.63. The molecule has 0 atom stereocenters. The first-order valence-corrected chi connectivity index (χ1v) is 9.35. The van der Waals surface area contributed by atoms with E-state index in [2.05, 4.69) is 36.0 Å². The Morgan fingerprint density at radius 2 is 2.11 bits per heavy atom. The molecule has 0 aliphatic carbocycles. The molecule has 7 nitrogen and oxygen atoms in total. The van der Waals surface area contributed by atoms with Gasteiger partial charge in [-0.1, -0.05) is 26.0 Å². The second-order valence-electron chi connectivity index (χ2n) is 7.50. The molecule has 0 radical (unpaired) electrons. The molecule has 1 aliphatic heterocycles. The summed E-state index contributed by atoms with van der Waals surface area (Å²) in [6, 6.07) is 8.10. The van der Waals surface area contributed by atoms with Crippen molar-refractivity contribution in [1.29, 1.82) is 0 Å². The Bertz CT molecular complexity index is 1020. The van der Waals surface area contributed by atoms with E-state index in [1.807, 2.05) is 16.8 Å². The number of aromatic nitrogens is 4. The third-order valence-electron chi connectivity index (χ3n) is 4.92. The standard InChI is InChI=1S/C20H25N5O2/c1-14(2)11-25-19-17(10-21-25)20(26)24-8-7-23(13-18(24)22-19)12-15-5-4-6-16(9-15)27-3/h4-6,9-10,14H,7-8,11-13H2,1-3H3. The zero-order valence-electron chi connectivity index (χ0n) is 16.1. The van der Waals surface area contributed by atoms with Crippen LogP contribution < -0.4 is 10.3 Å². The van der Waals surface area contributed by atoms with Gasteiger partial charge in [-0.15, -0.1) is 0 Å². The molecule has 3 aromatic rings. The van der Waals surface area contributed by atoms with Crippen molar-refractivity contribution in [2.75, 3.05) is 13.7 Å². The smallest absolute Gasteiger partial charge is 0.264 e. The van der Waals surface area contributed by atoms with Crippen LogP contribution >= 0.6 is 0 Å². The van der Waals surface area contributed by atoms with Crippen LogP contribution in [0.1, 0.15) is 25.2 Å². The first kappa shape index (κ1) is 17.7. The summed E-state index contributed by atoms with van der Waals surface area (Å²) in [5, 5.41) is 5.00. The lowest BCUT2D eigenvalue weighted by atomic mass is 10.2. The van der Waals surface area contributed by atoms with E-state index in [9.17, 15) is 4.79 Å². The van der Waals surface area contributed by atoms with Gasteiger partial charge in [-0.2, -0.15) is 5.10 Å². The summed E-state index contributed by atoms with van der Waals surface area (Å²) in [7, 11) is 1.68. The topological polar surface area (TPSA) is 65.2 Å². The summed E-state index contributed by atoms with van der Waals surface area (Å²) in [5.74, 6) is 2.11. The van der Waals surface area contributed by atoms with Gasteiger partial charge >= 0.3 is 0 Å². The van der Waals surface area contributed by atoms with Crippen molar-refractivity contribution in [3.05, 3.63) is 52.2 Å². The molecule has 0 saturated heterocycles. The monoisotopic (exact) mass is 367 g/mol. The van der Waals surface area contributed by atoms with Crippen molar-refractivity contribution in [2.24, 2.45) is 5.92 Å². The van der Waals surface area contributed by atoms with E-state index in [-0.39, 0.29) is 5.56 Å². The van der Waals surface area contributed by atoms with Crippen LogP contribution in [0.2, 0.25) is 0 Å². The maximum absolute atomic E-state index is 12.9. The SMILES string of the molecule is COc1cccc(CN2CCn3c(nc4c(cnn4CC(C)C)c3=O)C2)c1. The van der Waals surface area contributed by atoms with E-state index in [1.165, 1.54) is 5.56 Å². The van der Waals surface area contributed by atoms with Gasteiger partial charge in [-0.05, 0) is 23.6 Å². The van der Waals surface area contributed by atoms with Gasteiger partial charge in [0.2, 0.25) is 0 Å². The van der Waals surface area contributed by atoms with Crippen LogP contribution in [-0.4, -0.2) is 37.9 Å². The molecule has 0 unspecified atom stereocenters. The Kier molecular flexibility index (Phi) is 4.70. The number of benzene rings is 1. The lowest BCUT2D eigenvalue weighted by Gasteiger charge is -2.29. The Labute approximate surface area is 158 Å². The van der Waals surface area contributed by atoms with Crippen molar-refractivity contribution < 1.29 is 4.74 Å². The minimum Gasteiger partial charge on any atom is -0.497 e. The van der Waals surface area contributed by atoms with Crippen LogP contribution in [0, 0.1) is 5.92 Å². The van der Waals surface area contributed by atoms with Crippen molar-refractivity contribution in [3.8, 4) is 5.75 Å². The molecular formula is C20H25N5O2. The molecule has 142 valence electrons. The molecule has 4 rings (SSSR count). The number of hydrogen-bond donors (Lipinski definition) is 0. The third kappa shape index (κ3) is 3.47. The van der Waals surface area contributed by atoms with Crippen LogP contribution in [0.3, 0.4) is 0 Å². The van der Waals surface area contributed by atoms with Crippen molar-refractivity contribution in [3.63, 3.8) is 0 Å². The number of fused-ring (bicyclic) bond motifs is 2. The molecule has 0 amide bonds. The maximum Gasteiger partial charge on any atom is 0.264 e. The highest BCUT2D eigenvalue weighted by Gasteiger charge is 2.22. The molecule has 27 heavy (non-hydrogen) atoms. The van der Waals surface area contributed by atoms with Crippen LogP contribution in [0.15, 0.2) is 35.3 Å². The number of hydrogen-bond acceptors (Lipinski definition) is 5. The molecule has 0 N–H and O–H groups in total.